The van der Waals surface area contributed by atoms with E-state index in [1.54, 1.807) is 0 Å². The first-order valence-electron chi connectivity index (χ1n) is 6.42. The summed E-state index contributed by atoms with van der Waals surface area (Å²) in [6, 6.07) is 0.649. The molecule has 4 bridgehead atoms. The molecule has 0 aromatic heterocycles. The standard InChI is InChI=1S/C12H21N3S/c1-15(12(16)14-13)11-9-3-7-2-8(5-9)6-10(11)4-7/h7-11H,2-6,13H2,1H3,(H,14,16). The average Bonchev–Trinajstić information content (AvgIpc) is 2.26. The number of rotatable bonds is 1. The Morgan fingerprint density at radius 1 is 1.12 bits per heavy atom. The van der Waals surface area contributed by atoms with Crippen LogP contribution in [-0.2, 0) is 0 Å². The van der Waals surface area contributed by atoms with Gasteiger partial charge in [0.25, 0.3) is 0 Å². The Morgan fingerprint density at radius 3 is 2.06 bits per heavy atom. The van der Waals surface area contributed by atoms with Crippen LogP contribution in [0.25, 0.3) is 0 Å². The van der Waals surface area contributed by atoms with E-state index in [1.165, 1.54) is 32.1 Å². The second-order valence-electron chi connectivity index (χ2n) is 5.98. The van der Waals surface area contributed by atoms with Crippen LogP contribution < -0.4 is 11.3 Å². The minimum absolute atomic E-state index is 0.649. The Bertz CT molecular complexity index is 277. The second kappa shape index (κ2) is 3.84. The van der Waals surface area contributed by atoms with Crippen LogP contribution in [0.1, 0.15) is 32.1 Å². The zero-order chi connectivity index (χ0) is 11.3. The van der Waals surface area contributed by atoms with Crippen LogP contribution in [0.4, 0.5) is 0 Å². The third-order valence-electron chi connectivity index (χ3n) is 5.07. The van der Waals surface area contributed by atoms with Gasteiger partial charge in [-0.25, -0.2) is 5.84 Å². The van der Waals surface area contributed by atoms with Crippen LogP contribution in [0.5, 0.6) is 0 Å². The van der Waals surface area contributed by atoms with E-state index in [4.69, 9.17) is 18.1 Å². The molecule has 0 aromatic carbocycles. The highest BCUT2D eigenvalue weighted by atomic mass is 32.1. The molecule has 90 valence electrons. The summed E-state index contributed by atoms with van der Waals surface area (Å²) >= 11 is 5.27. The van der Waals surface area contributed by atoms with E-state index < -0.39 is 0 Å². The Kier molecular flexibility index (Phi) is 2.59. The molecule has 16 heavy (non-hydrogen) atoms. The fourth-order valence-electron chi connectivity index (χ4n) is 4.77. The maximum absolute atomic E-state index is 5.43. The van der Waals surface area contributed by atoms with Crippen molar-refractivity contribution in [2.75, 3.05) is 7.05 Å². The highest BCUT2D eigenvalue weighted by molar-refractivity contribution is 7.80. The van der Waals surface area contributed by atoms with Gasteiger partial charge in [0.2, 0.25) is 0 Å². The normalized spacial score (nSPS) is 44.5. The molecule has 4 rings (SSSR count). The molecule has 0 amide bonds. The smallest absolute Gasteiger partial charge is 0.183 e. The highest BCUT2D eigenvalue weighted by Gasteiger charge is 2.49. The molecule has 4 fully saturated rings. The SMILES string of the molecule is CN(C(=S)NN)C1C2CC3CC(C2)CC1C3. The van der Waals surface area contributed by atoms with Crippen molar-refractivity contribution in [3.05, 3.63) is 0 Å². The number of nitrogens with zero attached hydrogens (tertiary/aromatic N) is 1. The van der Waals surface area contributed by atoms with Crippen LogP contribution in [0.3, 0.4) is 0 Å². The molecule has 4 aliphatic rings. The van der Waals surface area contributed by atoms with Gasteiger partial charge in [-0.15, -0.1) is 0 Å². The fraction of sp³-hybridized carbons (Fsp3) is 0.917. The number of nitrogens with one attached hydrogen (secondary N) is 1. The van der Waals surface area contributed by atoms with E-state index in [0.29, 0.717) is 11.2 Å². The van der Waals surface area contributed by atoms with E-state index in [1.807, 2.05) is 0 Å². The van der Waals surface area contributed by atoms with Crippen molar-refractivity contribution in [2.24, 2.45) is 29.5 Å². The minimum Gasteiger partial charge on any atom is -0.348 e. The molecule has 0 spiro atoms. The number of hydrogen-bond donors (Lipinski definition) is 2. The van der Waals surface area contributed by atoms with E-state index in [0.717, 1.165) is 23.7 Å². The second-order valence-corrected chi connectivity index (χ2v) is 6.37. The topological polar surface area (TPSA) is 41.3 Å². The van der Waals surface area contributed by atoms with Gasteiger partial charge in [-0.3, -0.25) is 0 Å². The van der Waals surface area contributed by atoms with Gasteiger partial charge in [-0.2, -0.15) is 0 Å². The lowest BCUT2D eigenvalue weighted by Crippen LogP contribution is -2.58. The third-order valence-corrected chi connectivity index (χ3v) is 5.47. The number of hydrogen-bond acceptors (Lipinski definition) is 2. The molecule has 3 N–H and O–H groups in total. The summed E-state index contributed by atoms with van der Waals surface area (Å²) in [5.74, 6) is 9.21. The molecular formula is C12H21N3S. The monoisotopic (exact) mass is 239 g/mol. The first-order chi connectivity index (χ1) is 7.69. The summed E-state index contributed by atoms with van der Waals surface area (Å²) in [7, 11) is 2.11. The van der Waals surface area contributed by atoms with Crippen molar-refractivity contribution in [1.82, 2.24) is 10.3 Å². The average molecular weight is 239 g/mol. The first-order valence-corrected chi connectivity index (χ1v) is 6.83. The molecule has 0 saturated heterocycles. The fourth-order valence-corrected chi connectivity index (χ4v) is 4.89. The van der Waals surface area contributed by atoms with Crippen molar-refractivity contribution in [3.8, 4) is 0 Å². The summed E-state index contributed by atoms with van der Waals surface area (Å²) in [6.45, 7) is 0. The molecule has 4 aliphatic carbocycles. The van der Waals surface area contributed by atoms with Crippen molar-refractivity contribution >= 4 is 17.3 Å². The van der Waals surface area contributed by atoms with E-state index >= 15 is 0 Å². The molecule has 4 saturated carbocycles. The van der Waals surface area contributed by atoms with Crippen molar-refractivity contribution < 1.29 is 0 Å². The lowest BCUT2D eigenvalue weighted by molar-refractivity contribution is -0.0388. The van der Waals surface area contributed by atoms with Gasteiger partial charge < -0.3 is 10.3 Å². The zero-order valence-electron chi connectivity index (χ0n) is 9.86. The summed E-state index contributed by atoms with van der Waals surface area (Å²) in [6.07, 6.45) is 7.21. The Morgan fingerprint density at radius 2 is 1.62 bits per heavy atom. The maximum Gasteiger partial charge on any atom is 0.183 e. The molecule has 3 nitrogen and oxygen atoms in total. The molecule has 0 radical (unpaired) electrons. The molecule has 0 aromatic rings. The van der Waals surface area contributed by atoms with Gasteiger partial charge in [0.05, 0.1) is 0 Å². The van der Waals surface area contributed by atoms with Crippen LogP contribution in [0.2, 0.25) is 0 Å². The third kappa shape index (κ3) is 1.54. The number of nitrogens with two attached hydrogens (primary N) is 1. The molecular weight excluding hydrogens is 218 g/mol. The summed E-state index contributed by atoms with van der Waals surface area (Å²) in [5, 5.41) is 0.706. The van der Waals surface area contributed by atoms with E-state index in [2.05, 4.69) is 17.4 Å². The molecule has 0 unspecified atom stereocenters. The summed E-state index contributed by atoms with van der Waals surface area (Å²) in [5.41, 5.74) is 2.63. The molecule has 0 aliphatic heterocycles. The van der Waals surface area contributed by atoms with Crippen LogP contribution in [0.15, 0.2) is 0 Å². The predicted octanol–water partition coefficient (Wildman–Crippen LogP) is 1.49. The van der Waals surface area contributed by atoms with Crippen molar-refractivity contribution in [3.63, 3.8) is 0 Å². The van der Waals surface area contributed by atoms with Gasteiger partial charge >= 0.3 is 0 Å². The summed E-state index contributed by atoms with van der Waals surface area (Å²) < 4.78 is 0. The number of hydrazine groups is 1. The van der Waals surface area contributed by atoms with Crippen LogP contribution in [0, 0.1) is 23.7 Å². The Labute approximate surface area is 103 Å². The summed E-state index contributed by atoms with van der Waals surface area (Å²) in [4.78, 5) is 2.22. The lowest BCUT2D eigenvalue weighted by Gasteiger charge is -2.56. The van der Waals surface area contributed by atoms with Crippen molar-refractivity contribution in [2.45, 2.75) is 38.1 Å². The van der Waals surface area contributed by atoms with Crippen LogP contribution >= 0.6 is 12.2 Å². The van der Waals surface area contributed by atoms with Gasteiger partial charge in [0, 0.05) is 13.1 Å². The quantitative estimate of drug-likeness (QED) is 0.413. The lowest BCUT2D eigenvalue weighted by atomic mass is 9.54. The zero-order valence-corrected chi connectivity index (χ0v) is 10.7. The predicted molar refractivity (Wildman–Crippen MR) is 68.5 cm³/mol. The minimum atomic E-state index is 0.649. The van der Waals surface area contributed by atoms with E-state index in [-0.39, 0.29) is 0 Å². The van der Waals surface area contributed by atoms with Crippen molar-refractivity contribution in [1.29, 1.82) is 0 Å². The number of thiocarbonyl (C=S) groups is 1. The molecule has 4 heteroatoms. The van der Waals surface area contributed by atoms with Gasteiger partial charge in [-0.05, 0) is 68.0 Å². The first kappa shape index (κ1) is 10.8. The molecule has 0 atom stereocenters. The highest BCUT2D eigenvalue weighted by Crippen LogP contribution is 2.54. The van der Waals surface area contributed by atoms with Gasteiger partial charge in [0.1, 0.15) is 0 Å². The van der Waals surface area contributed by atoms with Crippen LogP contribution in [-0.4, -0.2) is 23.1 Å². The van der Waals surface area contributed by atoms with Gasteiger partial charge in [-0.1, -0.05) is 0 Å². The van der Waals surface area contributed by atoms with E-state index in [9.17, 15) is 0 Å². The molecule has 0 heterocycles. The van der Waals surface area contributed by atoms with Gasteiger partial charge in [0.15, 0.2) is 5.11 Å². The Balaban J connectivity index is 1.78. The Hall–Kier alpha value is -0.350. The largest absolute Gasteiger partial charge is 0.348 e. The maximum atomic E-state index is 5.43.